The molecule has 0 atom stereocenters. The van der Waals surface area contributed by atoms with Crippen LogP contribution < -0.4 is 4.72 Å². The van der Waals surface area contributed by atoms with E-state index in [-0.39, 0.29) is 5.82 Å². The molecule has 11 heteroatoms. The van der Waals surface area contributed by atoms with Crippen molar-refractivity contribution in [3.8, 4) is 5.82 Å². The molecule has 2 heterocycles. The van der Waals surface area contributed by atoms with Crippen LogP contribution in [0.5, 0.6) is 0 Å². The third-order valence-corrected chi connectivity index (χ3v) is 4.56. The molecular weight excluding hydrogens is 359 g/mol. The van der Waals surface area contributed by atoms with Crippen LogP contribution in [0, 0.1) is 0 Å². The van der Waals surface area contributed by atoms with Crippen molar-refractivity contribution in [1.82, 2.24) is 19.5 Å². The van der Waals surface area contributed by atoms with Crippen molar-refractivity contribution in [2.45, 2.75) is 11.1 Å². The van der Waals surface area contributed by atoms with Crippen LogP contribution in [0.3, 0.4) is 0 Å². The molecule has 0 saturated heterocycles. The molecular formula is C14H10F3N5O2S. The van der Waals surface area contributed by atoms with E-state index in [0.717, 1.165) is 18.5 Å². The fraction of sp³-hybridized carbons (Fsp3) is 0.0714. The molecule has 130 valence electrons. The predicted molar refractivity (Wildman–Crippen MR) is 81.4 cm³/mol. The maximum Gasteiger partial charge on any atom is 0.417 e. The number of hydrogen-bond acceptors (Lipinski definition) is 5. The van der Waals surface area contributed by atoms with E-state index in [1.807, 2.05) is 4.72 Å². The Morgan fingerprint density at radius 2 is 1.88 bits per heavy atom. The zero-order valence-corrected chi connectivity index (χ0v) is 13.2. The van der Waals surface area contributed by atoms with Crippen LogP contribution in [0.4, 0.5) is 19.0 Å². The van der Waals surface area contributed by atoms with Crippen molar-refractivity contribution in [2.75, 3.05) is 4.72 Å². The summed E-state index contributed by atoms with van der Waals surface area (Å²) in [6, 6.07) is 5.17. The van der Waals surface area contributed by atoms with Gasteiger partial charge in [0.15, 0.2) is 0 Å². The highest BCUT2D eigenvalue weighted by Crippen LogP contribution is 2.34. The first-order chi connectivity index (χ1) is 11.8. The van der Waals surface area contributed by atoms with E-state index in [1.54, 1.807) is 6.20 Å². The van der Waals surface area contributed by atoms with Gasteiger partial charge in [-0.2, -0.15) is 13.2 Å². The Balaban J connectivity index is 1.97. The third-order valence-electron chi connectivity index (χ3n) is 3.14. The molecule has 0 bridgehead atoms. The van der Waals surface area contributed by atoms with Gasteiger partial charge < -0.3 is 0 Å². The van der Waals surface area contributed by atoms with Crippen molar-refractivity contribution in [2.24, 2.45) is 0 Å². The quantitative estimate of drug-likeness (QED) is 0.763. The van der Waals surface area contributed by atoms with Gasteiger partial charge in [-0.3, -0.25) is 9.29 Å². The van der Waals surface area contributed by atoms with Crippen molar-refractivity contribution in [1.29, 1.82) is 0 Å². The summed E-state index contributed by atoms with van der Waals surface area (Å²) in [5.74, 6) is 0.130. The Labute approximate surface area is 140 Å². The summed E-state index contributed by atoms with van der Waals surface area (Å²) in [5, 5.41) is 0. The number of anilines is 1. The van der Waals surface area contributed by atoms with E-state index in [1.165, 1.54) is 29.2 Å². The fourth-order valence-corrected chi connectivity index (χ4v) is 3.29. The average Bonchev–Trinajstić information content (AvgIpc) is 3.08. The summed E-state index contributed by atoms with van der Waals surface area (Å²) < 4.78 is 67.4. The van der Waals surface area contributed by atoms with Crippen molar-refractivity contribution in [3.63, 3.8) is 0 Å². The largest absolute Gasteiger partial charge is 0.417 e. The molecule has 0 unspecified atom stereocenters. The minimum atomic E-state index is -4.81. The number of sulfonamides is 1. The molecule has 1 aromatic carbocycles. The predicted octanol–water partition coefficient (Wildman–Crippen LogP) is 2.48. The molecule has 2 aromatic heterocycles. The summed E-state index contributed by atoms with van der Waals surface area (Å²) in [5.41, 5.74) is -1.26. The number of halogens is 3. The lowest BCUT2D eigenvalue weighted by molar-refractivity contribution is -0.139. The van der Waals surface area contributed by atoms with Crippen LogP contribution in [0.15, 0.2) is 60.3 Å². The monoisotopic (exact) mass is 369 g/mol. The minimum absolute atomic E-state index is 0.171. The van der Waals surface area contributed by atoms with Crippen LogP contribution in [0.1, 0.15) is 5.56 Å². The first-order valence-electron chi connectivity index (χ1n) is 6.77. The molecule has 0 spiro atoms. The van der Waals surface area contributed by atoms with Crippen molar-refractivity contribution in [3.05, 3.63) is 60.9 Å². The maximum absolute atomic E-state index is 13.0. The molecule has 0 aliphatic carbocycles. The summed E-state index contributed by atoms with van der Waals surface area (Å²) in [6.45, 7) is 0. The second-order valence-corrected chi connectivity index (χ2v) is 6.48. The zero-order valence-electron chi connectivity index (χ0n) is 12.3. The van der Waals surface area contributed by atoms with Crippen LogP contribution in [-0.4, -0.2) is 27.9 Å². The molecule has 0 amide bonds. The van der Waals surface area contributed by atoms with E-state index in [9.17, 15) is 21.6 Å². The summed E-state index contributed by atoms with van der Waals surface area (Å²) in [4.78, 5) is 10.6. The van der Waals surface area contributed by atoms with Crippen molar-refractivity contribution < 1.29 is 21.6 Å². The normalized spacial score (nSPS) is 12.1. The van der Waals surface area contributed by atoms with Crippen molar-refractivity contribution >= 4 is 15.8 Å². The lowest BCUT2D eigenvalue weighted by Crippen LogP contribution is -2.19. The van der Waals surface area contributed by atoms with Gasteiger partial charge in [0.2, 0.25) is 0 Å². The second kappa shape index (κ2) is 6.16. The molecule has 3 rings (SSSR count). The van der Waals surface area contributed by atoms with Gasteiger partial charge in [0.1, 0.15) is 24.3 Å². The topological polar surface area (TPSA) is 89.8 Å². The Morgan fingerprint density at radius 1 is 1.12 bits per heavy atom. The van der Waals surface area contributed by atoms with Crippen LogP contribution >= 0.6 is 0 Å². The van der Waals surface area contributed by atoms with E-state index in [4.69, 9.17) is 0 Å². The van der Waals surface area contributed by atoms with Gasteiger partial charge in [-0.15, -0.1) is 0 Å². The van der Waals surface area contributed by atoms with Gasteiger partial charge >= 0.3 is 6.18 Å². The van der Waals surface area contributed by atoms with Gasteiger partial charge in [-0.25, -0.2) is 23.4 Å². The fourth-order valence-electron chi connectivity index (χ4n) is 2.07. The Hall–Kier alpha value is -2.95. The lowest BCUT2D eigenvalue weighted by atomic mass is 10.2. The van der Waals surface area contributed by atoms with Gasteiger partial charge in [0.05, 0.1) is 10.5 Å². The highest BCUT2D eigenvalue weighted by molar-refractivity contribution is 7.92. The molecule has 3 aromatic rings. The number of nitrogens with zero attached hydrogens (tertiary/aromatic N) is 4. The number of benzene rings is 1. The van der Waals surface area contributed by atoms with Crippen LogP contribution in [0.25, 0.3) is 5.82 Å². The lowest BCUT2D eigenvalue weighted by Gasteiger charge is -2.14. The number of rotatable bonds is 4. The van der Waals surface area contributed by atoms with E-state index in [2.05, 4.69) is 15.0 Å². The standard InChI is InChI=1S/C14H10F3N5O2S/c15-14(16,17)10-3-1-2-4-11(10)25(23,24)21-12-7-13(20-8-19-12)22-6-5-18-9-22/h1-9H,(H,19,20,21). The van der Waals surface area contributed by atoms with E-state index >= 15 is 0 Å². The molecule has 0 aliphatic rings. The Morgan fingerprint density at radius 3 is 2.56 bits per heavy atom. The van der Waals surface area contributed by atoms with E-state index in [0.29, 0.717) is 11.9 Å². The summed E-state index contributed by atoms with van der Waals surface area (Å²) in [7, 11) is -4.50. The van der Waals surface area contributed by atoms with Gasteiger partial charge in [0.25, 0.3) is 10.0 Å². The molecule has 0 saturated carbocycles. The first-order valence-corrected chi connectivity index (χ1v) is 8.25. The van der Waals surface area contributed by atoms with Crippen LogP contribution in [-0.2, 0) is 16.2 Å². The highest BCUT2D eigenvalue weighted by Gasteiger charge is 2.37. The van der Waals surface area contributed by atoms with E-state index < -0.39 is 26.7 Å². The number of imidazole rings is 1. The third kappa shape index (κ3) is 3.60. The molecule has 0 aliphatic heterocycles. The SMILES string of the molecule is O=S(=O)(Nc1cc(-n2ccnc2)ncn1)c1ccccc1C(F)(F)F. The zero-order chi connectivity index (χ0) is 18.1. The molecule has 0 radical (unpaired) electrons. The number of alkyl halides is 3. The maximum atomic E-state index is 13.0. The molecule has 0 fully saturated rings. The van der Waals surface area contributed by atoms with Gasteiger partial charge in [-0.1, -0.05) is 12.1 Å². The number of nitrogens with one attached hydrogen (secondary N) is 1. The second-order valence-electron chi connectivity index (χ2n) is 4.83. The summed E-state index contributed by atoms with van der Waals surface area (Å²) in [6.07, 6.45) is 0.770. The Bertz CT molecular complexity index is 988. The first kappa shape index (κ1) is 16.9. The number of hydrogen-bond donors (Lipinski definition) is 1. The molecule has 1 N–H and O–H groups in total. The average molecular weight is 369 g/mol. The minimum Gasteiger partial charge on any atom is -0.290 e. The van der Waals surface area contributed by atoms with Crippen LogP contribution in [0.2, 0.25) is 0 Å². The van der Waals surface area contributed by atoms with Gasteiger partial charge in [-0.05, 0) is 12.1 Å². The summed E-state index contributed by atoms with van der Waals surface area (Å²) >= 11 is 0. The highest BCUT2D eigenvalue weighted by atomic mass is 32.2. The van der Waals surface area contributed by atoms with Gasteiger partial charge in [0, 0.05) is 18.5 Å². The molecule has 7 nitrogen and oxygen atoms in total. The smallest absolute Gasteiger partial charge is 0.290 e. The number of aromatic nitrogens is 4. The molecule has 25 heavy (non-hydrogen) atoms. The Kier molecular flexibility index (Phi) is 4.17.